The molecule has 0 bridgehead atoms. The lowest BCUT2D eigenvalue weighted by Crippen LogP contribution is -2.60. The largest absolute Gasteiger partial charge is 0.247 e. The van der Waals surface area contributed by atoms with Gasteiger partial charge in [-0.1, -0.05) is 75.6 Å². The first-order valence-electron chi connectivity index (χ1n) is 11.5. The van der Waals surface area contributed by atoms with Gasteiger partial charge in [-0.2, -0.15) is 0 Å². The Morgan fingerprint density at radius 2 is 1.53 bits per heavy atom. The van der Waals surface area contributed by atoms with E-state index in [2.05, 4.69) is 107 Å². The normalized spacial score (nSPS) is 17.3. The maximum absolute atomic E-state index is 2.62. The van der Waals surface area contributed by atoms with Crippen molar-refractivity contribution in [2.75, 3.05) is 0 Å². The highest BCUT2D eigenvalue weighted by Crippen LogP contribution is 2.45. The van der Waals surface area contributed by atoms with Crippen LogP contribution in [0.5, 0.6) is 0 Å². The number of benzene rings is 2. The molecule has 3 heteroatoms. The van der Waals surface area contributed by atoms with Crippen LogP contribution in [0.2, 0.25) is 13.1 Å². The van der Waals surface area contributed by atoms with Crippen molar-refractivity contribution in [2.45, 2.75) is 78.6 Å². The molecule has 0 atom stereocenters. The van der Waals surface area contributed by atoms with E-state index >= 15 is 0 Å². The molecule has 1 aliphatic heterocycles. The van der Waals surface area contributed by atoms with Crippen molar-refractivity contribution in [1.29, 1.82) is 0 Å². The summed E-state index contributed by atoms with van der Waals surface area (Å²) in [6, 6.07) is 14.4. The third-order valence-electron chi connectivity index (χ3n) is 8.21. The summed E-state index contributed by atoms with van der Waals surface area (Å²) < 4.78 is 5.21. The van der Waals surface area contributed by atoms with Crippen molar-refractivity contribution in [1.82, 2.24) is 4.68 Å². The minimum Gasteiger partial charge on any atom is -0.149 e. The van der Waals surface area contributed by atoms with Gasteiger partial charge >= 0.3 is 0 Å². The average Bonchev–Trinajstić information content (AvgIpc) is 2.99. The van der Waals surface area contributed by atoms with Crippen molar-refractivity contribution in [2.24, 2.45) is 0 Å². The zero-order valence-electron chi connectivity index (χ0n) is 20.0. The number of fused-ring (bicyclic) bond motifs is 3. The van der Waals surface area contributed by atoms with E-state index in [0.29, 0.717) is 12.0 Å². The topological polar surface area (TPSA) is 9.03 Å². The fourth-order valence-corrected chi connectivity index (χ4v) is 9.50. The predicted molar refractivity (Wildman–Crippen MR) is 132 cm³/mol. The first kappa shape index (κ1) is 19.8. The van der Waals surface area contributed by atoms with Gasteiger partial charge in [0.1, 0.15) is 8.07 Å². The fourth-order valence-electron chi connectivity index (χ4n) is 6.15. The van der Waals surface area contributed by atoms with E-state index in [1.807, 2.05) is 0 Å². The molecule has 1 aliphatic rings. The van der Waals surface area contributed by atoms with Gasteiger partial charge in [0.05, 0.1) is 22.5 Å². The third-order valence-corrected chi connectivity index (χ3v) is 13.5. The first-order valence-corrected chi connectivity index (χ1v) is 14.5. The van der Waals surface area contributed by atoms with Crippen LogP contribution < -0.4 is 9.70 Å². The van der Waals surface area contributed by atoms with E-state index in [4.69, 9.17) is 0 Å². The molecule has 2 aromatic heterocycles. The van der Waals surface area contributed by atoms with Crippen LogP contribution >= 0.6 is 0 Å². The van der Waals surface area contributed by atoms with E-state index in [-0.39, 0.29) is 5.04 Å². The SMILES string of the molecule is Cc1c2c3c4c(cccc4c4cccc(C(C)C)c4[n+]3n1C(C)C)C(C)(C)[Si]2(C)C. The lowest BCUT2D eigenvalue weighted by atomic mass is 9.90. The van der Waals surface area contributed by atoms with Crippen molar-refractivity contribution in [3.63, 3.8) is 0 Å². The lowest BCUT2D eigenvalue weighted by Gasteiger charge is -2.42. The summed E-state index contributed by atoms with van der Waals surface area (Å²) in [5.74, 6) is 0.480. The number of pyridine rings is 1. The van der Waals surface area contributed by atoms with Crippen LogP contribution in [0.25, 0.3) is 27.2 Å². The Bertz CT molecular complexity index is 1330. The van der Waals surface area contributed by atoms with Gasteiger partial charge in [0.25, 0.3) is 0 Å². The molecule has 2 nitrogen and oxygen atoms in total. The van der Waals surface area contributed by atoms with Crippen molar-refractivity contribution >= 4 is 40.5 Å². The fraction of sp³-hybridized carbons (Fsp3) is 0.444. The van der Waals surface area contributed by atoms with E-state index in [0.717, 1.165) is 0 Å². The molecule has 156 valence electrons. The van der Waals surface area contributed by atoms with Crippen molar-refractivity contribution in [3.05, 3.63) is 53.2 Å². The first-order chi connectivity index (χ1) is 14.0. The summed E-state index contributed by atoms with van der Waals surface area (Å²) in [7, 11) is -1.79. The molecular weight excluding hydrogens is 380 g/mol. The lowest BCUT2D eigenvalue weighted by molar-refractivity contribution is -0.586. The molecule has 0 unspecified atom stereocenters. The van der Waals surface area contributed by atoms with Gasteiger partial charge < -0.3 is 0 Å². The second kappa shape index (κ2) is 5.97. The van der Waals surface area contributed by atoms with Crippen LogP contribution in [0, 0.1) is 6.92 Å². The zero-order chi connectivity index (χ0) is 21.7. The molecule has 4 aromatic rings. The summed E-state index contributed by atoms with van der Waals surface area (Å²) in [5.41, 5.74) is 7.35. The van der Waals surface area contributed by atoms with Gasteiger partial charge in [-0.25, -0.2) is 0 Å². The number of rotatable bonds is 2. The highest BCUT2D eigenvalue weighted by atomic mass is 28.3. The van der Waals surface area contributed by atoms with Crippen LogP contribution in [0.3, 0.4) is 0 Å². The minimum atomic E-state index is -1.79. The maximum atomic E-state index is 2.62. The quantitative estimate of drug-likeness (QED) is 0.207. The summed E-state index contributed by atoms with van der Waals surface area (Å²) >= 11 is 0. The molecule has 0 fully saturated rings. The molecule has 3 heterocycles. The van der Waals surface area contributed by atoms with Crippen LogP contribution in [-0.4, -0.2) is 12.8 Å². The van der Waals surface area contributed by atoms with Crippen LogP contribution in [0.15, 0.2) is 36.4 Å². The van der Waals surface area contributed by atoms with Crippen LogP contribution in [0.4, 0.5) is 0 Å². The Morgan fingerprint density at radius 1 is 0.900 bits per heavy atom. The Balaban J connectivity index is 2.25. The Morgan fingerprint density at radius 3 is 2.17 bits per heavy atom. The third kappa shape index (κ3) is 2.12. The van der Waals surface area contributed by atoms with Crippen LogP contribution in [-0.2, 0) is 5.04 Å². The minimum absolute atomic E-state index is 0.185. The van der Waals surface area contributed by atoms with E-state index in [1.165, 1.54) is 38.4 Å². The van der Waals surface area contributed by atoms with Gasteiger partial charge in [-0.15, -0.1) is 4.68 Å². The molecule has 0 saturated carbocycles. The molecule has 0 amide bonds. The number of para-hydroxylation sites is 1. The zero-order valence-corrected chi connectivity index (χ0v) is 21.0. The number of aromatic nitrogens is 2. The average molecular weight is 416 g/mol. The van der Waals surface area contributed by atoms with Gasteiger partial charge in [0, 0.05) is 16.1 Å². The smallest absolute Gasteiger partial charge is 0.149 e. The van der Waals surface area contributed by atoms with Gasteiger partial charge in [-0.05, 0) is 43.4 Å². The second-order valence-electron chi connectivity index (χ2n) is 10.9. The summed E-state index contributed by atoms with van der Waals surface area (Å²) in [6.45, 7) is 21.8. The molecule has 0 saturated heterocycles. The molecule has 30 heavy (non-hydrogen) atoms. The van der Waals surface area contributed by atoms with Gasteiger partial charge in [0.15, 0.2) is 0 Å². The molecule has 0 N–H and O–H groups in total. The highest BCUT2D eigenvalue weighted by Gasteiger charge is 2.52. The number of hydrogen-bond donors (Lipinski definition) is 0. The monoisotopic (exact) mass is 415 g/mol. The van der Waals surface area contributed by atoms with Crippen LogP contribution in [0.1, 0.15) is 70.3 Å². The molecule has 0 spiro atoms. The van der Waals surface area contributed by atoms with E-state index in [9.17, 15) is 0 Å². The van der Waals surface area contributed by atoms with Crippen molar-refractivity contribution in [3.8, 4) is 0 Å². The maximum Gasteiger partial charge on any atom is 0.247 e. The van der Waals surface area contributed by atoms with Crippen molar-refractivity contribution < 1.29 is 4.52 Å². The highest BCUT2D eigenvalue weighted by molar-refractivity contribution is 6.94. The molecule has 2 aromatic carbocycles. The van der Waals surface area contributed by atoms with Gasteiger partial charge in [-0.3, -0.25) is 0 Å². The van der Waals surface area contributed by atoms with E-state index in [1.54, 1.807) is 10.8 Å². The second-order valence-corrected chi connectivity index (χ2v) is 15.9. The summed E-state index contributed by atoms with van der Waals surface area (Å²) in [6.07, 6.45) is 0. The predicted octanol–water partition coefficient (Wildman–Crippen LogP) is 6.29. The Kier molecular flexibility index (Phi) is 3.94. The number of hydrogen-bond acceptors (Lipinski definition) is 0. The number of nitrogens with zero attached hydrogens (tertiary/aromatic N) is 2. The molecule has 5 rings (SSSR count). The van der Waals surface area contributed by atoms with E-state index < -0.39 is 8.07 Å². The molecule has 0 radical (unpaired) electrons. The summed E-state index contributed by atoms with van der Waals surface area (Å²) in [4.78, 5) is 0. The summed E-state index contributed by atoms with van der Waals surface area (Å²) in [5, 5.41) is 6.14. The Hall–Kier alpha value is -2.13. The molecular formula is C27H35N2Si+. The standard InChI is InChI=1S/C27H35N2Si/c1-16(2)19-12-10-14-21-20-13-11-15-22-23(20)25-26(30(8,9)27(22,6)7)18(5)28(17(3)4)29(25)24(19)21/h10-17H,1-9H3/q+1. The Labute approximate surface area is 181 Å². The van der Waals surface area contributed by atoms with Gasteiger partial charge in [0.2, 0.25) is 11.0 Å². The molecule has 0 aliphatic carbocycles.